The Hall–Kier alpha value is -3.94. The molecule has 3 heterocycles. The lowest BCUT2D eigenvalue weighted by atomic mass is 9.97. The molecule has 0 saturated heterocycles. The third-order valence-electron chi connectivity index (χ3n) is 4.54. The molecule has 0 spiro atoms. The van der Waals surface area contributed by atoms with Gasteiger partial charge in [0.2, 0.25) is 0 Å². The predicted molar refractivity (Wildman–Crippen MR) is 110 cm³/mol. The number of hydrazone groups is 1. The van der Waals surface area contributed by atoms with Crippen LogP contribution in [-0.4, -0.2) is 35.4 Å². The van der Waals surface area contributed by atoms with E-state index in [-0.39, 0.29) is 12.5 Å². The minimum atomic E-state index is -0.585. The van der Waals surface area contributed by atoms with Crippen molar-refractivity contribution in [1.29, 1.82) is 0 Å². The summed E-state index contributed by atoms with van der Waals surface area (Å²) in [6, 6.07) is 9.57. The van der Waals surface area contributed by atoms with Crippen LogP contribution in [0.4, 0.5) is 0 Å². The first-order valence-electron chi connectivity index (χ1n) is 9.17. The fourth-order valence-corrected chi connectivity index (χ4v) is 3.24. The van der Waals surface area contributed by atoms with Crippen LogP contribution in [0.15, 0.2) is 64.7 Å². The maximum absolute atomic E-state index is 12.5. The van der Waals surface area contributed by atoms with Gasteiger partial charge in [0.1, 0.15) is 5.92 Å². The second kappa shape index (κ2) is 7.97. The number of nitrogens with zero attached hydrogens (tertiary/aromatic N) is 2. The van der Waals surface area contributed by atoms with E-state index in [1.54, 1.807) is 25.5 Å². The Balaban J connectivity index is 1.79. The summed E-state index contributed by atoms with van der Waals surface area (Å²) in [7, 11) is 0. The first-order valence-corrected chi connectivity index (χ1v) is 9.17. The number of aromatic nitrogens is 1. The number of carbonyl (C=O) groups excluding carboxylic acids is 2. The van der Waals surface area contributed by atoms with Gasteiger partial charge in [0, 0.05) is 36.1 Å². The number of amides is 1. The van der Waals surface area contributed by atoms with E-state index in [9.17, 15) is 9.59 Å². The Bertz CT molecular complexity index is 1060. The highest BCUT2D eigenvalue weighted by Crippen LogP contribution is 2.30. The Morgan fingerprint density at radius 2 is 2.10 bits per heavy atom. The number of esters is 1. The van der Waals surface area contributed by atoms with Gasteiger partial charge in [-0.3, -0.25) is 9.79 Å². The van der Waals surface area contributed by atoms with E-state index in [0.29, 0.717) is 22.7 Å². The van der Waals surface area contributed by atoms with Crippen molar-refractivity contribution in [3.05, 3.63) is 65.9 Å². The van der Waals surface area contributed by atoms with Crippen molar-refractivity contribution >= 4 is 29.9 Å². The summed E-state index contributed by atoms with van der Waals surface area (Å²) in [6.45, 7) is 2.05. The Morgan fingerprint density at radius 3 is 2.83 bits per heavy atom. The number of hydrogen-bond acceptors (Lipinski definition) is 6. The lowest BCUT2D eigenvalue weighted by Crippen LogP contribution is -2.32. The molecule has 0 radical (unpaired) electrons. The number of hydrogen-bond donors (Lipinski definition) is 3. The zero-order chi connectivity index (χ0) is 20.2. The van der Waals surface area contributed by atoms with Gasteiger partial charge in [-0.2, -0.15) is 5.10 Å². The largest absolute Gasteiger partial charge is 0.462 e. The summed E-state index contributed by atoms with van der Waals surface area (Å²) in [5.41, 5.74) is 6.32. The van der Waals surface area contributed by atoms with Crippen molar-refractivity contribution in [2.75, 3.05) is 6.61 Å². The van der Waals surface area contributed by atoms with Gasteiger partial charge in [0.05, 0.1) is 23.6 Å². The molecule has 8 heteroatoms. The van der Waals surface area contributed by atoms with Crippen molar-refractivity contribution in [2.24, 2.45) is 16.0 Å². The topological polar surface area (TPSA) is 108 Å². The molecule has 1 aromatic carbocycles. The highest BCUT2D eigenvalue weighted by molar-refractivity contribution is 6.24. The molecule has 1 amide bonds. The second-order valence-electron chi connectivity index (χ2n) is 6.34. The molecule has 0 aliphatic carbocycles. The standard InChI is InChI=1S/C21H19N5O3/c1-2-29-21(28)14-11-24-16(18(14)13-6-4-3-5-7-13)10-17-19(23-9-8-22-17)15-12-25-26-20(15)27/h3-12,15,22,24H,2H2,1H3,(H,26,27). The Kier molecular flexibility index (Phi) is 5.07. The number of aromatic amines is 1. The smallest absolute Gasteiger partial charge is 0.340 e. The number of allylic oxidation sites excluding steroid dienone is 1. The molecule has 0 bridgehead atoms. The first-order chi connectivity index (χ1) is 14.2. The average molecular weight is 389 g/mol. The Labute approximate surface area is 167 Å². The van der Waals surface area contributed by atoms with Crippen molar-refractivity contribution in [3.8, 4) is 11.1 Å². The molecule has 8 nitrogen and oxygen atoms in total. The van der Waals surface area contributed by atoms with Crippen LogP contribution in [0, 0.1) is 5.92 Å². The van der Waals surface area contributed by atoms with Gasteiger partial charge >= 0.3 is 5.97 Å². The molecule has 0 saturated carbocycles. The van der Waals surface area contributed by atoms with E-state index in [4.69, 9.17) is 4.74 Å². The van der Waals surface area contributed by atoms with Crippen LogP contribution in [0.25, 0.3) is 17.2 Å². The lowest BCUT2D eigenvalue weighted by Gasteiger charge is -2.16. The van der Waals surface area contributed by atoms with Gasteiger partial charge in [0.15, 0.2) is 0 Å². The maximum Gasteiger partial charge on any atom is 0.340 e. The van der Waals surface area contributed by atoms with Gasteiger partial charge in [-0.15, -0.1) is 0 Å². The molecule has 29 heavy (non-hydrogen) atoms. The summed E-state index contributed by atoms with van der Waals surface area (Å²) in [6.07, 6.45) is 8.24. The maximum atomic E-state index is 12.5. The number of aliphatic imine (C=N–C) groups is 1. The second-order valence-corrected chi connectivity index (χ2v) is 6.34. The third kappa shape index (κ3) is 3.60. The molecule has 1 atom stereocenters. The van der Waals surface area contributed by atoms with E-state index < -0.39 is 11.9 Å². The van der Waals surface area contributed by atoms with Gasteiger partial charge in [-0.05, 0) is 18.6 Å². The molecule has 0 fully saturated rings. The van der Waals surface area contributed by atoms with Crippen LogP contribution in [0.2, 0.25) is 0 Å². The fraction of sp³-hybridized carbons (Fsp3) is 0.143. The highest BCUT2D eigenvalue weighted by Gasteiger charge is 2.30. The van der Waals surface area contributed by atoms with E-state index in [1.165, 1.54) is 6.21 Å². The van der Waals surface area contributed by atoms with E-state index >= 15 is 0 Å². The third-order valence-corrected chi connectivity index (χ3v) is 4.54. The van der Waals surface area contributed by atoms with Crippen LogP contribution in [0.1, 0.15) is 23.0 Å². The molecular formula is C21H19N5O3. The number of carbonyl (C=O) groups is 2. The van der Waals surface area contributed by atoms with Gasteiger partial charge in [0.25, 0.3) is 5.91 Å². The zero-order valence-electron chi connectivity index (χ0n) is 15.7. The van der Waals surface area contributed by atoms with Gasteiger partial charge in [-0.25, -0.2) is 10.2 Å². The van der Waals surface area contributed by atoms with Crippen molar-refractivity contribution in [2.45, 2.75) is 6.92 Å². The predicted octanol–water partition coefficient (Wildman–Crippen LogP) is 2.45. The summed E-state index contributed by atoms with van der Waals surface area (Å²) < 4.78 is 5.21. The number of H-pyrrole nitrogens is 1. The van der Waals surface area contributed by atoms with Crippen LogP contribution in [0.5, 0.6) is 0 Å². The van der Waals surface area contributed by atoms with Crippen LogP contribution >= 0.6 is 0 Å². The summed E-state index contributed by atoms with van der Waals surface area (Å²) in [4.78, 5) is 32.0. The monoisotopic (exact) mass is 389 g/mol. The van der Waals surface area contributed by atoms with Gasteiger partial charge in [-0.1, -0.05) is 30.3 Å². The van der Waals surface area contributed by atoms with E-state index in [2.05, 4.69) is 25.8 Å². The van der Waals surface area contributed by atoms with E-state index in [0.717, 1.165) is 11.1 Å². The molecule has 3 N–H and O–H groups in total. The first kappa shape index (κ1) is 18.4. The van der Waals surface area contributed by atoms with Crippen LogP contribution < -0.4 is 10.7 Å². The quantitative estimate of drug-likeness (QED) is 0.683. The molecule has 1 aromatic heterocycles. The minimum absolute atomic E-state index is 0.242. The van der Waals surface area contributed by atoms with Crippen molar-refractivity contribution in [1.82, 2.24) is 15.7 Å². The molecule has 4 rings (SSSR count). The zero-order valence-corrected chi connectivity index (χ0v) is 15.7. The average Bonchev–Trinajstić information content (AvgIpc) is 3.35. The highest BCUT2D eigenvalue weighted by atomic mass is 16.5. The molecular weight excluding hydrogens is 370 g/mol. The molecule has 2 aromatic rings. The van der Waals surface area contributed by atoms with Crippen LogP contribution in [0.3, 0.4) is 0 Å². The Morgan fingerprint density at radius 1 is 1.28 bits per heavy atom. The van der Waals surface area contributed by atoms with Crippen LogP contribution in [-0.2, 0) is 9.53 Å². The minimum Gasteiger partial charge on any atom is -0.462 e. The summed E-state index contributed by atoms with van der Waals surface area (Å²) in [5, 5.41) is 6.95. The van der Waals surface area contributed by atoms with E-state index in [1.807, 2.05) is 36.4 Å². The summed E-state index contributed by atoms with van der Waals surface area (Å²) >= 11 is 0. The number of rotatable bonds is 5. The fourth-order valence-electron chi connectivity index (χ4n) is 3.24. The summed E-state index contributed by atoms with van der Waals surface area (Å²) in [5.74, 6) is -1.23. The SMILES string of the molecule is CCOC(=O)c1c[nH]c(C=C2NC=CN=C2C2C=NNC2=O)c1-c1ccccc1. The molecule has 2 aliphatic rings. The molecule has 2 aliphatic heterocycles. The van der Waals surface area contributed by atoms with Gasteiger partial charge < -0.3 is 15.0 Å². The molecule has 1 unspecified atom stereocenters. The van der Waals surface area contributed by atoms with Crippen molar-refractivity contribution < 1.29 is 14.3 Å². The normalized spacial score (nSPS) is 19.1. The van der Waals surface area contributed by atoms with Crippen molar-refractivity contribution in [3.63, 3.8) is 0 Å². The number of ether oxygens (including phenoxy) is 1. The lowest BCUT2D eigenvalue weighted by molar-refractivity contribution is -0.120. The molecule has 146 valence electrons. The number of benzene rings is 1. The number of nitrogens with one attached hydrogen (secondary N) is 3.